The van der Waals surface area contributed by atoms with Crippen molar-refractivity contribution in [3.8, 4) is 0 Å². The van der Waals surface area contributed by atoms with Crippen LogP contribution in [-0.4, -0.2) is 27.4 Å². The van der Waals surface area contributed by atoms with Crippen molar-refractivity contribution in [2.45, 2.75) is 17.5 Å². The van der Waals surface area contributed by atoms with Crippen LogP contribution in [0.25, 0.3) is 0 Å². The van der Waals surface area contributed by atoms with Crippen LogP contribution >= 0.6 is 34.4 Å². The molecule has 4 nitrogen and oxygen atoms in total. The van der Waals surface area contributed by atoms with Crippen LogP contribution in [0.15, 0.2) is 69.5 Å². The first-order valence-electron chi connectivity index (χ1n) is 7.82. The molecule has 0 radical (unpaired) electrons. The van der Waals surface area contributed by atoms with Crippen molar-refractivity contribution in [3.05, 3.63) is 69.2 Å². The third-order valence-electron chi connectivity index (χ3n) is 3.82. The third-order valence-corrected chi connectivity index (χ3v) is 6.65. The van der Waals surface area contributed by atoms with E-state index in [4.69, 9.17) is 0 Å². The zero-order valence-electron chi connectivity index (χ0n) is 13.2. The summed E-state index contributed by atoms with van der Waals surface area (Å²) >= 11 is 4.78. The molecular formula is C18H15N3OS3. The molecule has 0 bridgehead atoms. The van der Waals surface area contributed by atoms with Gasteiger partial charge in [-0.05, 0) is 35.0 Å². The molecule has 0 N–H and O–H groups in total. The zero-order valence-corrected chi connectivity index (χ0v) is 15.7. The summed E-state index contributed by atoms with van der Waals surface area (Å²) in [5.41, 5.74) is 0.990. The zero-order chi connectivity index (χ0) is 17.1. The summed E-state index contributed by atoms with van der Waals surface area (Å²) in [7, 11) is 0. The van der Waals surface area contributed by atoms with Gasteiger partial charge in [0.1, 0.15) is 0 Å². The second-order valence-corrected chi connectivity index (χ2v) is 8.38. The van der Waals surface area contributed by atoms with E-state index in [-0.39, 0.29) is 11.9 Å². The first-order valence-corrected chi connectivity index (χ1v) is 10.6. The van der Waals surface area contributed by atoms with Crippen LogP contribution in [0, 0.1) is 0 Å². The van der Waals surface area contributed by atoms with Gasteiger partial charge >= 0.3 is 0 Å². The molecule has 25 heavy (non-hydrogen) atoms. The predicted octanol–water partition coefficient (Wildman–Crippen LogP) is 4.67. The van der Waals surface area contributed by atoms with Gasteiger partial charge in [0.05, 0.1) is 27.4 Å². The number of thioether (sulfide) groups is 1. The summed E-state index contributed by atoms with van der Waals surface area (Å²) in [5.74, 6) is 0.348. The smallest absolute Gasteiger partial charge is 0.253 e. The van der Waals surface area contributed by atoms with Crippen molar-refractivity contribution >= 4 is 46.1 Å². The molecule has 3 aromatic heterocycles. The van der Waals surface area contributed by atoms with E-state index in [1.807, 2.05) is 41.1 Å². The molecule has 4 rings (SSSR count). The van der Waals surface area contributed by atoms with Gasteiger partial charge in [-0.1, -0.05) is 30.0 Å². The molecule has 1 atom stereocenters. The summed E-state index contributed by atoms with van der Waals surface area (Å²) in [6.07, 6.45) is 2.51. The van der Waals surface area contributed by atoms with Crippen LogP contribution in [0.3, 0.4) is 0 Å². The Morgan fingerprint density at radius 2 is 2.04 bits per heavy atom. The highest BCUT2D eigenvalue weighted by molar-refractivity contribution is 7.99. The first kappa shape index (κ1) is 16.5. The van der Waals surface area contributed by atoms with Crippen LogP contribution in [0.1, 0.15) is 22.2 Å². The summed E-state index contributed by atoms with van der Waals surface area (Å²) in [5, 5.41) is 11.3. The third kappa shape index (κ3) is 3.68. The number of nitrogens with zero attached hydrogens (tertiary/aromatic N) is 3. The average molecular weight is 386 g/mol. The minimum Gasteiger partial charge on any atom is -0.272 e. The molecule has 4 heterocycles. The fourth-order valence-corrected chi connectivity index (χ4v) is 4.92. The van der Waals surface area contributed by atoms with Crippen molar-refractivity contribution in [2.24, 2.45) is 5.10 Å². The maximum absolute atomic E-state index is 12.8. The Morgan fingerprint density at radius 1 is 1.16 bits per heavy atom. The lowest BCUT2D eigenvalue weighted by atomic mass is 10.1. The number of hydrogen-bond acceptors (Lipinski definition) is 6. The minimum atomic E-state index is -0.00562. The Bertz CT molecular complexity index is 860. The lowest BCUT2D eigenvalue weighted by molar-refractivity contribution is -0.130. The van der Waals surface area contributed by atoms with Gasteiger partial charge in [-0.25, -0.2) is 9.99 Å². The highest BCUT2D eigenvalue weighted by Gasteiger charge is 2.33. The van der Waals surface area contributed by atoms with Crippen molar-refractivity contribution in [2.75, 3.05) is 5.75 Å². The van der Waals surface area contributed by atoms with Gasteiger partial charge in [0.15, 0.2) is 0 Å². The maximum Gasteiger partial charge on any atom is 0.253 e. The molecule has 1 aliphatic heterocycles. The quantitative estimate of drug-likeness (QED) is 0.599. The highest BCUT2D eigenvalue weighted by atomic mass is 32.2. The molecule has 1 aliphatic rings. The molecule has 0 saturated heterocycles. The summed E-state index contributed by atoms with van der Waals surface area (Å²) in [6.45, 7) is 0. The molecular weight excluding hydrogens is 370 g/mol. The highest BCUT2D eigenvalue weighted by Crippen LogP contribution is 2.36. The molecule has 0 unspecified atom stereocenters. The fourth-order valence-electron chi connectivity index (χ4n) is 2.67. The number of rotatable bonds is 5. The molecule has 0 aromatic carbocycles. The van der Waals surface area contributed by atoms with E-state index < -0.39 is 0 Å². The van der Waals surface area contributed by atoms with Gasteiger partial charge in [-0.3, -0.25) is 4.79 Å². The minimum absolute atomic E-state index is 0.00562. The Labute approximate surface area is 158 Å². The largest absolute Gasteiger partial charge is 0.272 e. The van der Waals surface area contributed by atoms with Gasteiger partial charge in [0.2, 0.25) is 0 Å². The molecule has 0 saturated carbocycles. The Balaban J connectivity index is 1.54. The number of pyridine rings is 1. The number of hydrogen-bond donors (Lipinski definition) is 0. The van der Waals surface area contributed by atoms with Crippen LogP contribution < -0.4 is 0 Å². The van der Waals surface area contributed by atoms with Gasteiger partial charge in [-0.15, -0.1) is 22.7 Å². The number of carbonyl (C=O) groups excluding carboxylic acids is 1. The van der Waals surface area contributed by atoms with Crippen molar-refractivity contribution < 1.29 is 4.79 Å². The average Bonchev–Trinajstić information content (AvgIpc) is 3.40. The van der Waals surface area contributed by atoms with Gasteiger partial charge < -0.3 is 0 Å². The second kappa shape index (κ2) is 7.51. The molecule has 0 fully saturated rings. The molecule has 7 heteroatoms. The summed E-state index contributed by atoms with van der Waals surface area (Å²) in [4.78, 5) is 19.4. The number of thiophene rings is 2. The van der Waals surface area contributed by atoms with Gasteiger partial charge in [-0.2, -0.15) is 5.10 Å². The van der Waals surface area contributed by atoms with E-state index in [2.05, 4.69) is 22.2 Å². The second-order valence-electron chi connectivity index (χ2n) is 5.45. The predicted molar refractivity (Wildman–Crippen MR) is 104 cm³/mol. The van der Waals surface area contributed by atoms with Crippen molar-refractivity contribution in [1.29, 1.82) is 0 Å². The lowest BCUT2D eigenvalue weighted by Crippen LogP contribution is -2.28. The maximum atomic E-state index is 12.8. The monoisotopic (exact) mass is 385 g/mol. The Kier molecular flexibility index (Phi) is 4.96. The topological polar surface area (TPSA) is 45.6 Å². The number of hydrazone groups is 1. The van der Waals surface area contributed by atoms with Gasteiger partial charge in [0.25, 0.3) is 5.91 Å². The number of amides is 1. The fraction of sp³-hybridized carbons (Fsp3) is 0.167. The standard InChI is InChI=1S/C18H15N3OS3/c22-18(12-25-17-7-1-2-8-19-17)21-14(16-6-4-10-24-16)11-13(20-21)15-5-3-9-23-15/h1-10,14H,11-12H2/t14-/m1/s1. The number of aromatic nitrogens is 1. The van der Waals surface area contributed by atoms with Gasteiger partial charge in [0, 0.05) is 17.5 Å². The summed E-state index contributed by atoms with van der Waals surface area (Å²) in [6, 6.07) is 13.9. The molecule has 0 spiro atoms. The molecule has 3 aromatic rings. The van der Waals surface area contributed by atoms with E-state index in [1.54, 1.807) is 33.9 Å². The molecule has 1 amide bonds. The van der Waals surface area contributed by atoms with Crippen molar-refractivity contribution in [1.82, 2.24) is 9.99 Å². The SMILES string of the molecule is O=C(CSc1ccccn1)N1N=C(c2cccs2)C[C@@H]1c1cccs1. The summed E-state index contributed by atoms with van der Waals surface area (Å²) < 4.78 is 0. The van der Waals surface area contributed by atoms with E-state index in [1.165, 1.54) is 16.6 Å². The molecule has 126 valence electrons. The lowest BCUT2D eigenvalue weighted by Gasteiger charge is -2.20. The first-order chi connectivity index (χ1) is 12.3. The Morgan fingerprint density at radius 3 is 2.76 bits per heavy atom. The van der Waals surface area contributed by atoms with Crippen LogP contribution in [-0.2, 0) is 4.79 Å². The normalized spacial score (nSPS) is 16.9. The van der Waals surface area contributed by atoms with E-state index in [0.29, 0.717) is 5.75 Å². The van der Waals surface area contributed by atoms with E-state index in [9.17, 15) is 4.79 Å². The number of carbonyl (C=O) groups is 1. The van der Waals surface area contributed by atoms with E-state index >= 15 is 0 Å². The van der Waals surface area contributed by atoms with E-state index in [0.717, 1.165) is 22.0 Å². The Hall–Kier alpha value is -1.96. The van der Waals surface area contributed by atoms with Crippen LogP contribution in [0.2, 0.25) is 0 Å². The van der Waals surface area contributed by atoms with Crippen LogP contribution in [0.4, 0.5) is 0 Å². The van der Waals surface area contributed by atoms with Crippen LogP contribution in [0.5, 0.6) is 0 Å². The van der Waals surface area contributed by atoms with Crippen molar-refractivity contribution in [3.63, 3.8) is 0 Å². The molecule has 0 aliphatic carbocycles.